The van der Waals surface area contributed by atoms with Gasteiger partial charge in [-0.3, -0.25) is 4.79 Å². The number of nitrogens with two attached hydrogens (primary N) is 1. The minimum atomic E-state index is -0.209. The average Bonchev–Trinajstić information content (AvgIpc) is 2.41. The van der Waals surface area contributed by atoms with Gasteiger partial charge in [0.25, 0.3) is 5.91 Å². The first-order valence-electron chi connectivity index (χ1n) is 5.64. The maximum absolute atomic E-state index is 12.3. The Labute approximate surface area is 144 Å². The van der Waals surface area contributed by atoms with E-state index in [1.54, 1.807) is 12.1 Å². The largest absolute Gasteiger partial charge is 0.389 e. The first-order valence-corrected chi connectivity index (χ1v) is 7.92. The number of benzene rings is 2. The molecule has 0 unspecified atom stereocenters. The van der Waals surface area contributed by atoms with Crippen LogP contribution in [0.1, 0.15) is 15.9 Å². The molecule has 0 radical (unpaired) electrons. The summed E-state index contributed by atoms with van der Waals surface area (Å²) in [4.78, 5) is 12.6. The number of carbonyl (C=O) groups excluding carboxylic acids is 1. The Balaban J connectivity index is 2.33. The number of rotatable bonds is 3. The summed E-state index contributed by atoms with van der Waals surface area (Å²) in [5.41, 5.74) is 7.47. The van der Waals surface area contributed by atoms with E-state index in [4.69, 9.17) is 18.0 Å². The molecule has 0 aliphatic carbocycles. The van der Waals surface area contributed by atoms with Gasteiger partial charge in [0, 0.05) is 13.6 Å². The second-order valence-electron chi connectivity index (χ2n) is 3.99. The summed E-state index contributed by atoms with van der Waals surface area (Å²) >= 11 is 10.5. The first-order chi connectivity index (χ1) is 9.49. The van der Waals surface area contributed by atoms with Gasteiger partial charge >= 0.3 is 0 Å². The molecule has 0 aromatic heterocycles. The number of hydrogen-bond acceptors (Lipinski definition) is 2. The number of anilines is 1. The topological polar surface area (TPSA) is 55.1 Å². The lowest BCUT2D eigenvalue weighted by Gasteiger charge is -2.11. The van der Waals surface area contributed by atoms with Gasteiger partial charge in [0.15, 0.2) is 0 Å². The summed E-state index contributed by atoms with van der Waals surface area (Å²) in [5.74, 6) is -0.209. The molecule has 0 saturated heterocycles. The van der Waals surface area contributed by atoms with Gasteiger partial charge in [0.2, 0.25) is 0 Å². The van der Waals surface area contributed by atoms with Crippen LogP contribution in [-0.2, 0) is 0 Å². The van der Waals surface area contributed by atoms with E-state index in [1.807, 2.05) is 30.3 Å². The predicted octanol–water partition coefficient (Wildman–Crippen LogP) is 3.94. The molecule has 20 heavy (non-hydrogen) atoms. The Kier molecular flexibility index (Phi) is 5.11. The minimum Gasteiger partial charge on any atom is -0.389 e. The van der Waals surface area contributed by atoms with E-state index in [-0.39, 0.29) is 10.9 Å². The van der Waals surface area contributed by atoms with E-state index in [9.17, 15) is 4.79 Å². The molecule has 3 nitrogen and oxygen atoms in total. The Morgan fingerprint density at radius 1 is 1.20 bits per heavy atom. The van der Waals surface area contributed by atoms with Gasteiger partial charge in [-0.1, -0.05) is 24.4 Å². The van der Waals surface area contributed by atoms with Crippen molar-refractivity contribution in [3.8, 4) is 0 Å². The molecular weight excluding hydrogens is 451 g/mol. The molecule has 0 heterocycles. The molecule has 0 fully saturated rings. The molecule has 0 bridgehead atoms. The summed E-state index contributed by atoms with van der Waals surface area (Å²) in [7, 11) is 0. The molecule has 0 atom stereocenters. The van der Waals surface area contributed by atoms with Crippen LogP contribution in [0.5, 0.6) is 0 Å². The first kappa shape index (κ1) is 15.4. The van der Waals surface area contributed by atoms with Gasteiger partial charge in [-0.2, -0.15) is 0 Å². The Morgan fingerprint density at radius 3 is 2.60 bits per heavy atom. The zero-order valence-electron chi connectivity index (χ0n) is 10.2. The zero-order valence-corrected chi connectivity index (χ0v) is 14.8. The second-order valence-corrected chi connectivity index (χ2v) is 6.53. The fraction of sp³-hybridized carbons (Fsp3) is 0. The lowest BCUT2D eigenvalue weighted by Crippen LogP contribution is -2.18. The van der Waals surface area contributed by atoms with Crippen molar-refractivity contribution < 1.29 is 4.79 Å². The van der Waals surface area contributed by atoms with Crippen molar-refractivity contribution >= 4 is 67.3 Å². The summed E-state index contributed by atoms with van der Waals surface area (Å²) in [6, 6.07) is 12.8. The monoisotopic (exact) mass is 460 g/mol. The number of nitrogens with one attached hydrogen (secondary N) is 1. The molecule has 0 aliphatic rings. The third kappa shape index (κ3) is 3.56. The highest BCUT2D eigenvalue weighted by atomic mass is 127. The quantitative estimate of drug-likeness (QED) is 0.538. The van der Waals surface area contributed by atoms with E-state index < -0.39 is 0 Å². The van der Waals surface area contributed by atoms with Gasteiger partial charge in [0.1, 0.15) is 4.99 Å². The molecule has 2 aromatic rings. The molecule has 0 saturated carbocycles. The molecular formula is C14H10BrIN2OS. The number of amides is 1. The molecule has 2 rings (SSSR count). The van der Waals surface area contributed by atoms with Crippen LogP contribution in [0.25, 0.3) is 0 Å². The van der Waals surface area contributed by atoms with Gasteiger partial charge in [0.05, 0.1) is 11.3 Å². The molecule has 1 amide bonds. The highest BCUT2D eigenvalue weighted by Crippen LogP contribution is 2.22. The van der Waals surface area contributed by atoms with E-state index in [1.165, 1.54) is 0 Å². The van der Waals surface area contributed by atoms with Crippen LogP contribution in [-0.4, -0.2) is 10.9 Å². The van der Waals surface area contributed by atoms with E-state index in [2.05, 4.69) is 43.8 Å². The van der Waals surface area contributed by atoms with Crippen LogP contribution >= 0.6 is 50.7 Å². The molecule has 6 heteroatoms. The van der Waals surface area contributed by atoms with Crippen LogP contribution in [0.15, 0.2) is 46.9 Å². The van der Waals surface area contributed by atoms with E-state index in [0.717, 1.165) is 8.04 Å². The summed E-state index contributed by atoms with van der Waals surface area (Å²) < 4.78 is 1.72. The highest BCUT2D eigenvalue weighted by molar-refractivity contribution is 14.1. The van der Waals surface area contributed by atoms with E-state index >= 15 is 0 Å². The summed E-state index contributed by atoms with van der Waals surface area (Å²) in [6.07, 6.45) is 0. The van der Waals surface area contributed by atoms with Crippen molar-refractivity contribution in [1.29, 1.82) is 0 Å². The molecule has 3 N–H and O–H groups in total. The maximum atomic E-state index is 12.3. The SMILES string of the molecule is NC(=S)c1ccccc1NC(=O)c1cc(I)ccc1Br. The lowest BCUT2D eigenvalue weighted by molar-refractivity contribution is 0.102. The van der Waals surface area contributed by atoms with Crippen molar-refractivity contribution in [3.05, 3.63) is 61.6 Å². The normalized spacial score (nSPS) is 10.1. The van der Waals surface area contributed by atoms with Gasteiger partial charge < -0.3 is 11.1 Å². The number of thiocarbonyl (C=S) groups is 1. The number of halogens is 2. The highest BCUT2D eigenvalue weighted by Gasteiger charge is 2.13. The number of carbonyl (C=O) groups is 1. The standard InChI is InChI=1S/C14H10BrIN2OS/c15-11-6-5-8(16)7-10(11)14(19)18-12-4-2-1-3-9(12)13(17)20/h1-7H,(H2,17,20)(H,18,19). The van der Waals surface area contributed by atoms with Crippen LogP contribution < -0.4 is 11.1 Å². The smallest absolute Gasteiger partial charge is 0.256 e. The van der Waals surface area contributed by atoms with Crippen molar-refractivity contribution in [1.82, 2.24) is 0 Å². The predicted molar refractivity (Wildman–Crippen MR) is 97.1 cm³/mol. The zero-order chi connectivity index (χ0) is 14.7. The Bertz CT molecular complexity index is 691. The van der Waals surface area contributed by atoms with Crippen molar-refractivity contribution in [3.63, 3.8) is 0 Å². The Hall–Kier alpha value is -0.990. The number of hydrogen-bond donors (Lipinski definition) is 2. The molecule has 102 valence electrons. The van der Waals surface area contributed by atoms with Crippen LogP contribution in [0.3, 0.4) is 0 Å². The second kappa shape index (κ2) is 6.64. The summed E-state index contributed by atoms with van der Waals surface area (Å²) in [5, 5.41) is 2.84. The van der Waals surface area contributed by atoms with Gasteiger partial charge in [-0.15, -0.1) is 0 Å². The molecule has 2 aromatic carbocycles. The van der Waals surface area contributed by atoms with Gasteiger partial charge in [-0.05, 0) is 68.9 Å². The average molecular weight is 461 g/mol. The molecule has 0 aliphatic heterocycles. The number of para-hydroxylation sites is 1. The van der Waals surface area contributed by atoms with Crippen LogP contribution in [0.4, 0.5) is 5.69 Å². The van der Waals surface area contributed by atoms with Crippen molar-refractivity contribution in [2.75, 3.05) is 5.32 Å². The third-order valence-electron chi connectivity index (χ3n) is 2.61. The van der Waals surface area contributed by atoms with Crippen LogP contribution in [0.2, 0.25) is 0 Å². The van der Waals surface area contributed by atoms with Crippen molar-refractivity contribution in [2.45, 2.75) is 0 Å². The molecule has 0 spiro atoms. The third-order valence-corrected chi connectivity index (χ3v) is 4.20. The van der Waals surface area contributed by atoms with E-state index in [0.29, 0.717) is 16.8 Å². The van der Waals surface area contributed by atoms with Gasteiger partial charge in [-0.25, -0.2) is 0 Å². The van der Waals surface area contributed by atoms with Crippen LogP contribution in [0, 0.1) is 3.57 Å². The van der Waals surface area contributed by atoms with Crippen molar-refractivity contribution in [2.24, 2.45) is 5.73 Å². The summed E-state index contributed by atoms with van der Waals surface area (Å²) in [6.45, 7) is 0. The Morgan fingerprint density at radius 2 is 1.90 bits per heavy atom. The fourth-order valence-electron chi connectivity index (χ4n) is 1.67. The minimum absolute atomic E-state index is 0.209. The fourth-order valence-corrected chi connectivity index (χ4v) is 2.76. The lowest BCUT2D eigenvalue weighted by atomic mass is 10.1. The maximum Gasteiger partial charge on any atom is 0.256 e.